The van der Waals surface area contributed by atoms with Crippen molar-refractivity contribution in [3.63, 3.8) is 0 Å². The average Bonchev–Trinajstić information content (AvgIpc) is 3.17. The molecule has 0 aliphatic heterocycles. The first kappa shape index (κ1) is 14.0. The molecular formula is C14H20N2O3. The molecule has 1 saturated carbocycles. The maximum absolute atomic E-state index is 10.7. The van der Waals surface area contributed by atoms with E-state index in [9.17, 15) is 10.1 Å². The van der Waals surface area contributed by atoms with Crippen LogP contribution in [0.25, 0.3) is 0 Å². The van der Waals surface area contributed by atoms with Crippen molar-refractivity contribution in [2.45, 2.75) is 32.2 Å². The normalized spacial score (nSPS) is 18.0. The third kappa shape index (κ3) is 3.52. The van der Waals surface area contributed by atoms with Crippen LogP contribution in [0.2, 0.25) is 0 Å². The maximum atomic E-state index is 10.7. The Balaban J connectivity index is 1.94. The number of nitro groups is 1. The molecule has 0 saturated heterocycles. The van der Waals surface area contributed by atoms with E-state index >= 15 is 0 Å². The second-order valence-electron chi connectivity index (χ2n) is 5.43. The number of non-ortho nitro benzene ring substituents is 1. The van der Waals surface area contributed by atoms with Crippen molar-refractivity contribution in [3.05, 3.63) is 39.9 Å². The Bertz CT molecular complexity index is 458. The molecule has 1 aliphatic rings. The molecule has 0 bridgehead atoms. The number of nitro benzene ring substituents is 1. The molecule has 0 heterocycles. The number of hydrogen-bond donors (Lipinski definition) is 2. The largest absolute Gasteiger partial charge is 0.396 e. The van der Waals surface area contributed by atoms with Crippen LogP contribution in [0.1, 0.15) is 37.8 Å². The van der Waals surface area contributed by atoms with Crippen LogP contribution in [0.4, 0.5) is 5.69 Å². The topological polar surface area (TPSA) is 75.4 Å². The molecule has 2 rings (SSSR count). The predicted octanol–water partition coefficient (Wildman–Crippen LogP) is 2.41. The summed E-state index contributed by atoms with van der Waals surface area (Å²) in [6, 6.07) is 6.81. The fraction of sp³-hybridized carbons (Fsp3) is 0.571. The Morgan fingerprint density at radius 2 is 2.26 bits per heavy atom. The first-order valence-electron chi connectivity index (χ1n) is 6.65. The molecule has 1 aliphatic carbocycles. The summed E-state index contributed by atoms with van der Waals surface area (Å²) >= 11 is 0. The number of nitrogens with zero attached hydrogens (tertiary/aromatic N) is 1. The van der Waals surface area contributed by atoms with Crippen molar-refractivity contribution in [2.75, 3.05) is 13.2 Å². The smallest absolute Gasteiger partial charge is 0.269 e. The van der Waals surface area contributed by atoms with Crippen LogP contribution in [-0.2, 0) is 0 Å². The SMILES string of the molecule is CC(NCC1(CCO)CC1)c1cccc([N+](=O)[O-])c1. The van der Waals surface area contributed by atoms with Gasteiger partial charge in [0.15, 0.2) is 0 Å². The van der Waals surface area contributed by atoms with E-state index in [2.05, 4.69) is 5.32 Å². The van der Waals surface area contributed by atoms with Gasteiger partial charge in [-0.3, -0.25) is 10.1 Å². The lowest BCUT2D eigenvalue weighted by molar-refractivity contribution is -0.384. The Kier molecular flexibility index (Phi) is 4.17. The van der Waals surface area contributed by atoms with Gasteiger partial charge in [-0.15, -0.1) is 0 Å². The number of rotatable bonds is 7. The molecule has 1 aromatic carbocycles. The van der Waals surface area contributed by atoms with Gasteiger partial charge in [-0.05, 0) is 37.2 Å². The van der Waals surface area contributed by atoms with E-state index < -0.39 is 0 Å². The van der Waals surface area contributed by atoms with E-state index in [4.69, 9.17) is 5.11 Å². The van der Waals surface area contributed by atoms with E-state index in [1.807, 2.05) is 13.0 Å². The van der Waals surface area contributed by atoms with Crippen LogP contribution in [0.3, 0.4) is 0 Å². The number of aliphatic hydroxyl groups excluding tert-OH is 1. The monoisotopic (exact) mass is 264 g/mol. The fourth-order valence-electron chi connectivity index (χ4n) is 2.32. The van der Waals surface area contributed by atoms with Gasteiger partial charge in [-0.1, -0.05) is 12.1 Å². The van der Waals surface area contributed by atoms with Crippen LogP contribution in [0.15, 0.2) is 24.3 Å². The summed E-state index contributed by atoms with van der Waals surface area (Å²) < 4.78 is 0. The quantitative estimate of drug-likeness (QED) is 0.585. The lowest BCUT2D eigenvalue weighted by atomic mass is 10.0. The first-order chi connectivity index (χ1) is 9.06. The van der Waals surface area contributed by atoms with E-state index in [0.29, 0.717) is 0 Å². The van der Waals surface area contributed by atoms with Crippen LogP contribution in [0.5, 0.6) is 0 Å². The van der Waals surface area contributed by atoms with Crippen molar-refractivity contribution in [1.82, 2.24) is 5.32 Å². The Morgan fingerprint density at radius 3 is 2.84 bits per heavy atom. The van der Waals surface area contributed by atoms with E-state index in [1.165, 1.54) is 6.07 Å². The second-order valence-corrected chi connectivity index (χ2v) is 5.43. The minimum absolute atomic E-state index is 0.0797. The van der Waals surface area contributed by atoms with Gasteiger partial charge in [0.2, 0.25) is 0 Å². The van der Waals surface area contributed by atoms with Crippen LogP contribution in [0, 0.1) is 15.5 Å². The predicted molar refractivity (Wildman–Crippen MR) is 72.9 cm³/mol. The molecule has 5 nitrogen and oxygen atoms in total. The molecule has 19 heavy (non-hydrogen) atoms. The van der Waals surface area contributed by atoms with Crippen molar-refractivity contribution in [3.8, 4) is 0 Å². The molecule has 1 aromatic rings. The van der Waals surface area contributed by atoms with Gasteiger partial charge >= 0.3 is 0 Å². The van der Waals surface area contributed by atoms with Gasteiger partial charge in [0, 0.05) is 31.3 Å². The minimum Gasteiger partial charge on any atom is -0.396 e. The van der Waals surface area contributed by atoms with Crippen LogP contribution < -0.4 is 5.32 Å². The first-order valence-corrected chi connectivity index (χ1v) is 6.65. The van der Waals surface area contributed by atoms with Crippen molar-refractivity contribution < 1.29 is 10.0 Å². The maximum Gasteiger partial charge on any atom is 0.269 e. The molecule has 2 N–H and O–H groups in total. The molecular weight excluding hydrogens is 244 g/mol. The number of aliphatic hydroxyl groups is 1. The Morgan fingerprint density at radius 1 is 1.53 bits per heavy atom. The number of benzene rings is 1. The molecule has 0 spiro atoms. The van der Waals surface area contributed by atoms with Gasteiger partial charge in [-0.25, -0.2) is 0 Å². The van der Waals surface area contributed by atoms with Crippen molar-refractivity contribution in [2.24, 2.45) is 5.41 Å². The second kappa shape index (κ2) is 5.67. The number of nitrogens with one attached hydrogen (secondary N) is 1. The zero-order chi connectivity index (χ0) is 13.9. The van der Waals surface area contributed by atoms with E-state index in [0.717, 1.165) is 31.4 Å². The van der Waals surface area contributed by atoms with Gasteiger partial charge in [0.1, 0.15) is 0 Å². The summed E-state index contributed by atoms with van der Waals surface area (Å²) in [7, 11) is 0. The zero-order valence-corrected chi connectivity index (χ0v) is 11.1. The molecule has 0 radical (unpaired) electrons. The molecule has 0 aromatic heterocycles. The highest BCUT2D eigenvalue weighted by Gasteiger charge is 2.41. The van der Waals surface area contributed by atoms with Crippen molar-refractivity contribution in [1.29, 1.82) is 0 Å². The highest BCUT2D eigenvalue weighted by Crippen LogP contribution is 2.48. The zero-order valence-electron chi connectivity index (χ0n) is 11.1. The molecule has 1 unspecified atom stereocenters. The Hall–Kier alpha value is -1.46. The average molecular weight is 264 g/mol. The van der Waals surface area contributed by atoms with E-state index in [-0.39, 0.29) is 28.7 Å². The highest BCUT2D eigenvalue weighted by atomic mass is 16.6. The summed E-state index contributed by atoms with van der Waals surface area (Å²) in [6.07, 6.45) is 3.14. The summed E-state index contributed by atoms with van der Waals surface area (Å²) in [6.45, 7) is 3.10. The van der Waals surface area contributed by atoms with Gasteiger partial charge in [-0.2, -0.15) is 0 Å². The van der Waals surface area contributed by atoms with E-state index in [1.54, 1.807) is 12.1 Å². The molecule has 1 atom stereocenters. The standard InChI is InChI=1S/C14H20N2O3/c1-11(15-10-14(5-6-14)7-8-17)12-3-2-4-13(9-12)16(18)19/h2-4,9,11,15,17H,5-8,10H2,1H3. The Labute approximate surface area is 112 Å². The molecule has 104 valence electrons. The highest BCUT2D eigenvalue weighted by molar-refractivity contribution is 5.35. The summed E-state index contributed by atoms with van der Waals surface area (Å²) in [4.78, 5) is 10.4. The van der Waals surface area contributed by atoms with Crippen molar-refractivity contribution >= 4 is 5.69 Å². The third-order valence-corrected chi connectivity index (χ3v) is 3.96. The van der Waals surface area contributed by atoms with Gasteiger partial charge < -0.3 is 10.4 Å². The molecule has 5 heteroatoms. The van der Waals surface area contributed by atoms with Gasteiger partial charge in [0.25, 0.3) is 5.69 Å². The van der Waals surface area contributed by atoms with Crippen LogP contribution >= 0.6 is 0 Å². The molecule has 0 amide bonds. The summed E-state index contributed by atoms with van der Waals surface area (Å²) in [5.74, 6) is 0. The summed E-state index contributed by atoms with van der Waals surface area (Å²) in [5.41, 5.74) is 1.31. The third-order valence-electron chi connectivity index (χ3n) is 3.96. The fourth-order valence-corrected chi connectivity index (χ4v) is 2.32. The lowest BCUT2D eigenvalue weighted by Gasteiger charge is -2.19. The van der Waals surface area contributed by atoms with Crippen LogP contribution in [-0.4, -0.2) is 23.2 Å². The molecule has 1 fully saturated rings. The number of hydrogen-bond acceptors (Lipinski definition) is 4. The summed E-state index contributed by atoms with van der Waals surface area (Å²) in [5, 5.41) is 23.2. The minimum atomic E-state index is -0.371. The lowest BCUT2D eigenvalue weighted by Crippen LogP contribution is -2.27. The van der Waals surface area contributed by atoms with Gasteiger partial charge in [0.05, 0.1) is 4.92 Å².